The van der Waals surface area contributed by atoms with Crippen molar-refractivity contribution in [1.29, 1.82) is 10.5 Å². The molecular weight excluding hydrogens is 339 g/mol. The van der Waals surface area contributed by atoms with Crippen LogP contribution in [-0.2, 0) is 0 Å². The van der Waals surface area contributed by atoms with Crippen LogP contribution in [0.15, 0.2) is 9.98 Å². The van der Waals surface area contributed by atoms with Gasteiger partial charge in [0, 0.05) is 0 Å². The smallest absolute Gasteiger partial charge is 0.422 e. The summed E-state index contributed by atoms with van der Waals surface area (Å²) in [5.74, 6) is 0. The fourth-order valence-corrected chi connectivity index (χ4v) is 0.0447. The minimum atomic E-state index is 0. The fourth-order valence-electron chi connectivity index (χ4n) is 0.0447. The van der Waals surface area contributed by atoms with Crippen LogP contribution in [0, 0.1) is 22.9 Å². The van der Waals surface area contributed by atoms with Gasteiger partial charge in [-0.05, 0) is 0 Å². The number of hydrogen-bond donors (Lipinski definition) is 0. The van der Waals surface area contributed by atoms with E-state index in [2.05, 4.69) is 9.98 Å². The first kappa shape index (κ1) is 16.3. The molecule has 0 spiro atoms. The van der Waals surface area contributed by atoms with Gasteiger partial charge in [0.05, 0.1) is 12.4 Å². The minimum Gasteiger partial charge on any atom is -0.422 e. The quantitative estimate of drug-likeness (QED) is 0.352. The van der Waals surface area contributed by atoms with Crippen molar-refractivity contribution in [1.82, 2.24) is 0 Å². The molecule has 0 bridgehead atoms. The van der Waals surface area contributed by atoms with E-state index >= 15 is 0 Å². The van der Waals surface area contributed by atoms with Crippen LogP contribution in [0.5, 0.6) is 0 Å². The third-order valence-corrected chi connectivity index (χ3v) is 0.200. The topological polar surface area (TPSA) is 117 Å². The molecule has 0 unspecified atom stereocenters. The SMILES string of the molecule is N#CN=C=[N-].N#CN=C=[N-].[Pb+2]. The van der Waals surface area contributed by atoms with Crippen molar-refractivity contribution in [2.45, 2.75) is 0 Å². The van der Waals surface area contributed by atoms with E-state index in [9.17, 15) is 0 Å². The molecule has 7 heteroatoms. The zero-order valence-electron chi connectivity index (χ0n) is 5.18. The summed E-state index contributed by atoms with van der Waals surface area (Å²) in [6, 6.07) is 2.56. The summed E-state index contributed by atoms with van der Waals surface area (Å²) in [5, 5.41) is 29.7. The number of nitrogens with zero attached hydrogens (tertiary/aromatic N) is 6. The van der Waals surface area contributed by atoms with Crippen molar-refractivity contribution >= 4 is 39.3 Å². The summed E-state index contributed by atoms with van der Waals surface area (Å²) < 4.78 is 0. The summed E-state index contributed by atoms with van der Waals surface area (Å²) in [6.07, 6.45) is 2.56. The van der Waals surface area contributed by atoms with Gasteiger partial charge in [0.2, 0.25) is 0 Å². The molecule has 0 N–H and O–H groups in total. The molecule has 0 saturated heterocycles. The first-order chi connectivity index (χ1) is 4.83. The molecule has 0 atom stereocenters. The maximum atomic E-state index is 7.43. The van der Waals surface area contributed by atoms with Gasteiger partial charge in [-0.1, -0.05) is 0 Å². The zero-order chi connectivity index (χ0) is 8.24. The Labute approximate surface area is 83.1 Å². The Kier molecular flexibility index (Phi) is 34.7. The average molecular weight is 339 g/mol. The van der Waals surface area contributed by atoms with Gasteiger partial charge in [-0.3, -0.25) is 0 Å². The van der Waals surface area contributed by atoms with E-state index in [4.69, 9.17) is 21.3 Å². The molecule has 0 aromatic heterocycles. The number of hydrogen-bond acceptors (Lipinski definition) is 4. The molecule has 0 heterocycles. The van der Waals surface area contributed by atoms with Gasteiger partial charge in [-0.15, -0.1) is 12.0 Å². The fraction of sp³-hybridized carbons (Fsp3) is 0. The van der Waals surface area contributed by atoms with Crippen LogP contribution in [0.4, 0.5) is 0 Å². The summed E-state index contributed by atoms with van der Waals surface area (Å²) in [7, 11) is 0. The summed E-state index contributed by atoms with van der Waals surface area (Å²) in [5.41, 5.74) is 0. The predicted octanol–water partition coefficient (Wildman–Crippen LogP) is 0.0408. The zero-order valence-corrected chi connectivity index (χ0v) is 9.07. The standard InChI is InChI=1S/2C2N3.Pb/c2*3-1-5-2-4;/q2*-1;+2. The van der Waals surface area contributed by atoms with Gasteiger partial charge >= 0.3 is 27.3 Å². The summed E-state index contributed by atoms with van der Waals surface area (Å²) in [4.78, 5) is 5.17. The van der Waals surface area contributed by atoms with Crippen LogP contribution in [-0.4, -0.2) is 39.3 Å². The Balaban J connectivity index is -0.000000107. The van der Waals surface area contributed by atoms with Crippen LogP contribution >= 0.6 is 0 Å². The largest absolute Gasteiger partial charge is 2.00 e. The molecule has 0 rings (SSSR count). The Hall–Kier alpha value is -1.34. The molecule has 0 saturated carbocycles. The molecule has 0 fully saturated rings. The molecule has 0 aliphatic rings. The third kappa shape index (κ3) is 54.3. The Morgan fingerprint density at radius 1 is 0.909 bits per heavy atom. The monoisotopic (exact) mass is 340 g/mol. The second kappa shape index (κ2) is 23.4. The average Bonchev–Trinajstić information content (AvgIpc) is 1.93. The van der Waals surface area contributed by atoms with Gasteiger partial charge in [0.25, 0.3) is 0 Å². The number of aliphatic imine (C=N–C) groups is 2. The van der Waals surface area contributed by atoms with Crippen LogP contribution in [0.25, 0.3) is 10.8 Å². The summed E-state index contributed by atoms with van der Waals surface area (Å²) in [6.45, 7) is 0. The van der Waals surface area contributed by atoms with Gasteiger partial charge < -0.3 is 20.8 Å². The van der Waals surface area contributed by atoms with Crippen LogP contribution in [0.1, 0.15) is 0 Å². The molecule has 0 aliphatic heterocycles. The Morgan fingerprint density at radius 2 is 1.18 bits per heavy atom. The van der Waals surface area contributed by atoms with Gasteiger partial charge in [0.1, 0.15) is 0 Å². The normalized spacial score (nSPS) is 3.45. The maximum absolute atomic E-state index is 7.43. The van der Waals surface area contributed by atoms with E-state index in [0.29, 0.717) is 0 Å². The van der Waals surface area contributed by atoms with E-state index in [0.717, 1.165) is 0 Å². The van der Waals surface area contributed by atoms with Crippen molar-refractivity contribution in [3.05, 3.63) is 10.8 Å². The van der Waals surface area contributed by atoms with Gasteiger partial charge in [0.15, 0.2) is 0 Å². The van der Waals surface area contributed by atoms with Crippen molar-refractivity contribution in [2.75, 3.05) is 0 Å². The molecule has 50 valence electrons. The van der Waals surface area contributed by atoms with E-state index in [1.807, 2.05) is 0 Å². The van der Waals surface area contributed by atoms with Crippen molar-refractivity contribution in [2.24, 2.45) is 9.98 Å². The van der Waals surface area contributed by atoms with Crippen molar-refractivity contribution < 1.29 is 0 Å². The third-order valence-electron chi connectivity index (χ3n) is 0.200. The first-order valence-electron chi connectivity index (χ1n) is 1.79. The molecule has 0 aliphatic carbocycles. The number of rotatable bonds is 0. The van der Waals surface area contributed by atoms with E-state index in [1.54, 1.807) is 0 Å². The molecule has 0 aromatic carbocycles. The molecule has 6 nitrogen and oxygen atoms in total. The van der Waals surface area contributed by atoms with E-state index in [-0.39, 0.29) is 27.3 Å². The van der Waals surface area contributed by atoms with Crippen LogP contribution in [0.2, 0.25) is 0 Å². The second-order valence-electron chi connectivity index (χ2n) is 0.624. The molecule has 0 aromatic rings. The second-order valence-corrected chi connectivity index (χ2v) is 0.624. The number of nitriles is 2. The first-order valence-corrected chi connectivity index (χ1v) is 1.79. The molecular formula is C4N6Pb. The summed E-state index contributed by atoms with van der Waals surface area (Å²) >= 11 is 0. The van der Waals surface area contributed by atoms with Crippen molar-refractivity contribution in [3.8, 4) is 12.4 Å². The predicted molar refractivity (Wildman–Crippen MR) is 38.6 cm³/mol. The molecule has 0 amide bonds. The van der Waals surface area contributed by atoms with E-state index < -0.39 is 0 Å². The van der Waals surface area contributed by atoms with Crippen LogP contribution < -0.4 is 0 Å². The van der Waals surface area contributed by atoms with Crippen molar-refractivity contribution in [3.63, 3.8) is 0 Å². The molecule has 11 heavy (non-hydrogen) atoms. The van der Waals surface area contributed by atoms with Gasteiger partial charge in [-0.2, -0.15) is 10.5 Å². The maximum Gasteiger partial charge on any atom is 2.00 e. The Bertz CT molecular complexity index is 217. The van der Waals surface area contributed by atoms with Crippen LogP contribution in [0.3, 0.4) is 0 Å². The van der Waals surface area contributed by atoms with Gasteiger partial charge in [-0.25, -0.2) is 0 Å². The van der Waals surface area contributed by atoms with E-state index in [1.165, 1.54) is 24.4 Å². The Morgan fingerprint density at radius 3 is 1.18 bits per heavy atom. The molecule has 2 radical (unpaired) electrons. The minimum absolute atomic E-state index is 0.